The summed E-state index contributed by atoms with van der Waals surface area (Å²) in [7, 11) is 0. The van der Waals surface area contributed by atoms with Crippen LogP contribution < -0.4 is 0 Å². The number of phenolic OH excluding ortho intramolecular Hbond substituents is 2. The number of aromatic hydroxyl groups is 2. The maximum atomic E-state index is 10.2. The second-order valence-corrected chi connectivity index (χ2v) is 5.94. The summed E-state index contributed by atoms with van der Waals surface area (Å²) < 4.78 is 0. The quantitative estimate of drug-likeness (QED) is 0.557. The molecule has 0 atom stereocenters. The van der Waals surface area contributed by atoms with Gasteiger partial charge in [0.2, 0.25) is 0 Å². The topological polar surface area (TPSA) is 66.2 Å². The van der Waals surface area contributed by atoms with Crippen LogP contribution in [0.15, 0.2) is 85.2 Å². The molecule has 2 aromatic carbocycles. The van der Waals surface area contributed by atoms with Crippen molar-refractivity contribution in [3.8, 4) is 45.1 Å². The Bertz CT molecular complexity index is 1060. The van der Waals surface area contributed by atoms with Crippen LogP contribution >= 0.6 is 0 Å². The van der Waals surface area contributed by atoms with Crippen LogP contribution in [0.25, 0.3) is 33.6 Å². The fraction of sp³-hybridized carbons (Fsp3) is 0. The minimum atomic E-state index is 0.171. The van der Waals surface area contributed by atoms with Gasteiger partial charge in [-0.2, -0.15) is 0 Å². The molecule has 0 spiro atoms. The largest absolute Gasteiger partial charge is 0.508 e. The molecule has 126 valence electrons. The summed E-state index contributed by atoms with van der Waals surface area (Å²) in [6.07, 6.45) is 3.51. The van der Waals surface area contributed by atoms with Crippen molar-refractivity contribution >= 4 is 0 Å². The van der Waals surface area contributed by atoms with Gasteiger partial charge in [-0.15, -0.1) is 0 Å². The predicted octanol–water partition coefficient (Wildman–Crippen LogP) is 4.89. The van der Waals surface area contributed by atoms with Crippen LogP contribution in [0.2, 0.25) is 0 Å². The molecule has 4 heteroatoms. The molecule has 0 aliphatic rings. The Morgan fingerprint density at radius 3 is 2.23 bits per heavy atom. The Hall–Kier alpha value is -3.66. The number of phenols is 2. The number of rotatable bonds is 3. The molecule has 2 aromatic heterocycles. The fourth-order valence-corrected chi connectivity index (χ4v) is 2.87. The highest BCUT2D eigenvalue weighted by Gasteiger charge is 2.11. The van der Waals surface area contributed by atoms with Crippen LogP contribution in [-0.4, -0.2) is 20.2 Å². The highest BCUT2D eigenvalue weighted by molar-refractivity contribution is 5.78. The lowest BCUT2D eigenvalue weighted by atomic mass is 10.0. The number of para-hydroxylation sites is 1. The van der Waals surface area contributed by atoms with Gasteiger partial charge < -0.3 is 10.2 Å². The summed E-state index contributed by atoms with van der Waals surface area (Å²) in [5.41, 5.74) is 4.70. The summed E-state index contributed by atoms with van der Waals surface area (Å²) in [6, 6.07) is 21.8. The molecule has 0 bridgehead atoms. The molecule has 0 amide bonds. The lowest BCUT2D eigenvalue weighted by Gasteiger charge is -2.11. The van der Waals surface area contributed by atoms with E-state index in [1.165, 1.54) is 0 Å². The molecule has 26 heavy (non-hydrogen) atoms. The number of benzene rings is 2. The molecule has 0 fully saturated rings. The van der Waals surface area contributed by atoms with Crippen molar-refractivity contribution in [3.05, 3.63) is 85.2 Å². The van der Waals surface area contributed by atoms with Crippen molar-refractivity contribution in [1.82, 2.24) is 9.97 Å². The monoisotopic (exact) mass is 340 g/mol. The van der Waals surface area contributed by atoms with Gasteiger partial charge in [0.05, 0.1) is 11.4 Å². The maximum absolute atomic E-state index is 10.2. The number of aromatic nitrogens is 2. The van der Waals surface area contributed by atoms with Crippen molar-refractivity contribution < 1.29 is 10.2 Å². The standard InChI is InChI=1S/C22H16N2O2/c25-18-7-3-5-15(11-18)20-12-17(16-6-4-10-23-14-16)13-21(24-20)19-8-1-2-9-22(19)26/h1-14,25-26H. The van der Waals surface area contributed by atoms with Crippen molar-refractivity contribution in [2.45, 2.75) is 0 Å². The van der Waals surface area contributed by atoms with Gasteiger partial charge in [0.15, 0.2) is 0 Å². The highest BCUT2D eigenvalue weighted by atomic mass is 16.3. The first-order valence-corrected chi connectivity index (χ1v) is 8.21. The minimum absolute atomic E-state index is 0.171. The van der Waals surface area contributed by atoms with Crippen molar-refractivity contribution in [1.29, 1.82) is 0 Å². The van der Waals surface area contributed by atoms with E-state index >= 15 is 0 Å². The smallest absolute Gasteiger partial charge is 0.124 e. The molecule has 0 aliphatic carbocycles. The van der Waals surface area contributed by atoms with Crippen LogP contribution in [0, 0.1) is 0 Å². The molecule has 2 heterocycles. The minimum Gasteiger partial charge on any atom is -0.508 e. The Kier molecular flexibility index (Phi) is 4.07. The number of hydrogen-bond donors (Lipinski definition) is 2. The van der Waals surface area contributed by atoms with E-state index in [4.69, 9.17) is 4.98 Å². The zero-order valence-corrected chi connectivity index (χ0v) is 13.9. The third kappa shape index (κ3) is 3.13. The molecule has 2 N–H and O–H groups in total. The highest BCUT2D eigenvalue weighted by Crippen LogP contribution is 2.34. The molecule has 0 radical (unpaired) electrons. The van der Waals surface area contributed by atoms with E-state index in [-0.39, 0.29) is 11.5 Å². The van der Waals surface area contributed by atoms with E-state index < -0.39 is 0 Å². The molecule has 0 saturated carbocycles. The molecule has 0 aliphatic heterocycles. The summed E-state index contributed by atoms with van der Waals surface area (Å²) in [5, 5.41) is 20.1. The van der Waals surface area contributed by atoms with Gasteiger partial charge >= 0.3 is 0 Å². The van der Waals surface area contributed by atoms with Gasteiger partial charge in [0, 0.05) is 29.1 Å². The molecule has 0 unspecified atom stereocenters. The van der Waals surface area contributed by atoms with Crippen LogP contribution in [0.1, 0.15) is 0 Å². The number of hydrogen-bond acceptors (Lipinski definition) is 4. The molecule has 4 rings (SSSR count). The van der Waals surface area contributed by atoms with Gasteiger partial charge in [-0.05, 0) is 48.0 Å². The fourth-order valence-electron chi connectivity index (χ4n) is 2.87. The van der Waals surface area contributed by atoms with E-state index in [1.807, 2.05) is 42.5 Å². The van der Waals surface area contributed by atoms with Crippen molar-refractivity contribution in [2.75, 3.05) is 0 Å². The van der Waals surface area contributed by atoms with Gasteiger partial charge in [-0.1, -0.05) is 30.3 Å². The second-order valence-electron chi connectivity index (χ2n) is 5.94. The first-order valence-electron chi connectivity index (χ1n) is 8.21. The average Bonchev–Trinajstić information content (AvgIpc) is 2.69. The van der Waals surface area contributed by atoms with Crippen LogP contribution in [0.5, 0.6) is 11.5 Å². The Balaban J connectivity index is 1.95. The number of pyridine rings is 2. The lowest BCUT2D eigenvalue weighted by molar-refractivity contribution is 0.475. The van der Waals surface area contributed by atoms with E-state index in [2.05, 4.69) is 4.98 Å². The molecule has 0 saturated heterocycles. The SMILES string of the molecule is Oc1cccc(-c2cc(-c3cccnc3)cc(-c3ccccc3O)n2)c1. The third-order valence-corrected chi connectivity index (χ3v) is 4.14. The summed E-state index contributed by atoms with van der Waals surface area (Å²) in [4.78, 5) is 8.90. The maximum Gasteiger partial charge on any atom is 0.124 e. The van der Waals surface area contributed by atoms with Gasteiger partial charge in [-0.3, -0.25) is 4.98 Å². The average molecular weight is 340 g/mol. The number of nitrogens with zero attached hydrogens (tertiary/aromatic N) is 2. The summed E-state index contributed by atoms with van der Waals surface area (Å²) in [5.74, 6) is 0.352. The molecule has 4 aromatic rings. The van der Waals surface area contributed by atoms with Crippen LogP contribution in [-0.2, 0) is 0 Å². The first-order chi connectivity index (χ1) is 12.7. The van der Waals surface area contributed by atoms with Crippen LogP contribution in [0.4, 0.5) is 0 Å². The summed E-state index contributed by atoms with van der Waals surface area (Å²) in [6.45, 7) is 0. The molecule has 4 nitrogen and oxygen atoms in total. The van der Waals surface area contributed by atoms with E-state index in [9.17, 15) is 10.2 Å². The zero-order chi connectivity index (χ0) is 17.9. The van der Waals surface area contributed by atoms with Crippen molar-refractivity contribution in [3.63, 3.8) is 0 Å². The van der Waals surface area contributed by atoms with E-state index in [1.54, 1.807) is 42.7 Å². The van der Waals surface area contributed by atoms with Crippen molar-refractivity contribution in [2.24, 2.45) is 0 Å². The van der Waals surface area contributed by atoms with E-state index in [0.717, 1.165) is 16.7 Å². The summed E-state index contributed by atoms with van der Waals surface area (Å²) >= 11 is 0. The normalized spacial score (nSPS) is 10.6. The van der Waals surface area contributed by atoms with E-state index in [0.29, 0.717) is 17.0 Å². The third-order valence-electron chi connectivity index (χ3n) is 4.14. The second kappa shape index (κ2) is 6.69. The van der Waals surface area contributed by atoms with Crippen LogP contribution in [0.3, 0.4) is 0 Å². The molecular weight excluding hydrogens is 324 g/mol. The Morgan fingerprint density at radius 1 is 0.654 bits per heavy atom. The van der Waals surface area contributed by atoms with Gasteiger partial charge in [-0.25, -0.2) is 4.98 Å². The predicted molar refractivity (Wildman–Crippen MR) is 102 cm³/mol. The molecular formula is C22H16N2O2. The zero-order valence-electron chi connectivity index (χ0n) is 13.9. The Labute approximate surface area is 151 Å². The first kappa shape index (κ1) is 15.8. The lowest BCUT2D eigenvalue weighted by Crippen LogP contribution is -1.91. The Morgan fingerprint density at radius 2 is 1.46 bits per heavy atom. The van der Waals surface area contributed by atoms with Gasteiger partial charge in [0.1, 0.15) is 11.5 Å². The van der Waals surface area contributed by atoms with Gasteiger partial charge in [0.25, 0.3) is 0 Å².